The molecule has 0 aliphatic heterocycles. The molecule has 172 valence electrons. The molecule has 33 heavy (non-hydrogen) atoms. The van der Waals surface area contributed by atoms with E-state index >= 15 is 0 Å². The Morgan fingerprint density at radius 3 is 2.39 bits per heavy atom. The van der Waals surface area contributed by atoms with Crippen LogP contribution in [-0.2, 0) is 0 Å². The van der Waals surface area contributed by atoms with Gasteiger partial charge in [-0.3, -0.25) is 0 Å². The minimum absolute atomic E-state index is 0.291. The predicted molar refractivity (Wildman–Crippen MR) is 137 cm³/mol. The summed E-state index contributed by atoms with van der Waals surface area (Å²) in [6.45, 7) is 5.40. The van der Waals surface area contributed by atoms with Crippen molar-refractivity contribution >= 4 is 28.6 Å². The second-order valence-electron chi connectivity index (χ2n) is 8.27. The van der Waals surface area contributed by atoms with Gasteiger partial charge in [-0.25, -0.2) is 4.39 Å². The third-order valence-corrected chi connectivity index (χ3v) is 6.37. The Morgan fingerprint density at radius 2 is 1.76 bits per heavy atom. The fourth-order valence-electron chi connectivity index (χ4n) is 3.85. The summed E-state index contributed by atoms with van der Waals surface area (Å²) in [5.74, 6) is 1.46. The van der Waals surface area contributed by atoms with Crippen molar-refractivity contribution in [2.75, 3.05) is 24.2 Å². The number of halogens is 1. The van der Waals surface area contributed by atoms with Crippen molar-refractivity contribution in [2.45, 2.75) is 20.3 Å². The zero-order chi connectivity index (χ0) is 23.4. The third kappa shape index (κ3) is 5.02. The molecule has 4 rings (SSSR count). The molecule has 3 aromatic carbocycles. The fourth-order valence-corrected chi connectivity index (χ4v) is 4.48. The highest BCUT2D eigenvalue weighted by Crippen LogP contribution is 2.45. The van der Waals surface area contributed by atoms with Crippen LogP contribution in [0.4, 0.5) is 10.1 Å². The zero-order valence-electron chi connectivity index (χ0n) is 19.4. The summed E-state index contributed by atoms with van der Waals surface area (Å²) in [4.78, 5) is 5.82. The van der Waals surface area contributed by atoms with Gasteiger partial charge in [0.1, 0.15) is 11.4 Å². The van der Waals surface area contributed by atoms with Gasteiger partial charge < -0.3 is 13.6 Å². The van der Waals surface area contributed by atoms with Crippen LogP contribution in [0.15, 0.2) is 71.1 Å². The van der Waals surface area contributed by atoms with E-state index in [1.54, 1.807) is 31.1 Å². The van der Waals surface area contributed by atoms with Crippen LogP contribution in [0.3, 0.4) is 0 Å². The topological polar surface area (TPSA) is 37.6 Å². The average Bonchev–Trinajstić information content (AvgIpc) is 3.17. The smallest absolute Gasteiger partial charge is 0.201 e. The van der Waals surface area contributed by atoms with E-state index in [-0.39, 0.29) is 5.82 Å². The molecule has 6 heteroatoms. The van der Waals surface area contributed by atoms with Crippen molar-refractivity contribution in [3.8, 4) is 28.2 Å². The first kappa shape index (κ1) is 23.2. The van der Waals surface area contributed by atoms with Gasteiger partial charge in [-0.05, 0) is 48.2 Å². The van der Waals surface area contributed by atoms with E-state index in [9.17, 15) is 4.39 Å². The largest absolute Gasteiger partial charge is 0.452 e. The first-order valence-corrected chi connectivity index (χ1v) is 12.3. The maximum absolute atomic E-state index is 13.5. The molecule has 4 aromatic rings. The second kappa shape index (κ2) is 10.3. The zero-order valence-corrected chi connectivity index (χ0v) is 20.2. The van der Waals surface area contributed by atoms with Crippen LogP contribution in [0, 0.1) is 11.7 Å². The molecule has 0 unspecified atom stereocenters. The minimum atomic E-state index is -0.291. The van der Waals surface area contributed by atoms with E-state index in [2.05, 4.69) is 54.2 Å². The van der Waals surface area contributed by atoms with Crippen LogP contribution in [-0.4, -0.2) is 19.8 Å². The van der Waals surface area contributed by atoms with E-state index < -0.39 is 0 Å². The molecular formula is C27H29FN2O2S. The predicted octanol–water partition coefficient (Wildman–Crippen LogP) is 7.55. The van der Waals surface area contributed by atoms with E-state index in [4.69, 9.17) is 9.25 Å². The molecule has 0 atom stereocenters. The standard InChI is InChI=1S/C27H29FN2O2S/c1-18(2)14-15-30(33-4)24-17-25-23(16-22(24)19-8-6-5-7-9-19)27(32-29-3)26(31-25)20-10-12-21(28)13-11-20/h5-13,16-18,29H,14-15H2,1-4H3. The van der Waals surface area contributed by atoms with Crippen molar-refractivity contribution in [3.63, 3.8) is 0 Å². The molecule has 0 aliphatic rings. The van der Waals surface area contributed by atoms with Crippen LogP contribution in [0.25, 0.3) is 33.4 Å². The summed E-state index contributed by atoms with van der Waals surface area (Å²) < 4.78 is 22.2. The fraction of sp³-hybridized carbons (Fsp3) is 0.259. The lowest BCUT2D eigenvalue weighted by atomic mass is 10.0. The Kier molecular flexibility index (Phi) is 7.26. The Hall–Kier alpha value is -2.96. The molecule has 0 radical (unpaired) electrons. The Labute approximate surface area is 198 Å². The molecule has 0 bridgehead atoms. The van der Waals surface area contributed by atoms with Crippen LogP contribution in [0.2, 0.25) is 0 Å². The molecule has 0 saturated carbocycles. The van der Waals surface area contributed by atoms with Crippen molar-refractivity contribution in [3.05, 3.63) is 72.5 Å². The van der Waals surface area contributed by atoms with Gasteiger partial charge in [0.15, 0.2) is 5.76 Å². The molecule has 0 saturated heterocycles. The SMILES string of the molecule is CNOc1c(-c2ccc(F)cc2)oc2cc(N(CCC(C)C)SC)c(-c3ccccc3)cc12. The van der Waals surface area contributed by atoms with E-state index in [0.29, 0.717) is 17.4 Å². The molecule has 1 aromatic heterocycles. The van der Waals surface area contributed by atoms with Crippen LogP contribution < -0.4 is 14.6 Å². The highest BCUT2D eigenvalue weighted by molar-refractivity contribution is 8.00. The average molecular weight is 465 g/mol. The summed E-state index contributed by atoms with van der Waals surface area (Å²) in [7, 11) is 1.71. The molecule has 1 N–H and O–H groups in total. The van der Waals surface area contributed by atoms with Crippen LogP contribution in [0.5, 0.6) is 5.75 Å². The first-order valence-electron chi connectivity index (χ1n) is 11.1. The number of rotatable bonds is 9. The Morgan fingerprint density at radius 1 is 1.03 bits per heavy atom. The normalized spacial score (nSPS) is 11.3. The molecule has 0 amide bonds. The number of hydroxylamine groups is 1. The molecule has 4 nitrogen and oxygen atoms in total. The van der Waals surface area contributed by atoms with E-state index in [1.165, 1.54) is 12.1 Å². The van der Waals surface area contributed by atoms with Gasteiger partial charge in [0.2, 0.25) is 5.75 Å². The maximum Gasteiger partial charge on any atom is 0.201 e. The number of nitrogens with zero attached hydrogens (tertiary/aromatic N) is 1. The number of anilines is 1. The van der Waals surface area contributed by atoms with Crippen LogP contribution in [0.1, 0.15) is 20.3 Å². The number of hydrogen-bond donors (Lipinski definition) is 1. The first-order chi connectivity index (χ1) is 16.0. The van der Waals surface area contributed by atoms with Crippen molar-refractivity contribution in [2.24, 2.45) is 5.92 Å². The van der Waals surface area contributed by atoms with Gasteiger partial charge in [-0.2, -0.15) is 5.48 Å². The number of fused-ring (bicyclic) bond motifs is 1. The second-order valence-corrected chi connectivity index (χ2v) is 9.08. The minimum Gasteiger partial charge on any atom is -0.452 e. The summed E-state index contributed by atoms with van der Waals surface area (Å²) >= 11 is 1.71. The van der Waals surface area contributed by atoms with Crippen molar-refractivity contribution in [1.29, 1.82) is 0 Å². The van der Waals surface area contributed by atoms with Gasteiger partial charge in [0.05, 0.1) is 11.1 Å². The maximum atomic E-state index is 13.5. The van der Waals surface area contributed by atoms with Gasteiger partial charge in [-0.15, -0.1) is 0 Å². The quantitative estimate of drug-likeness (QED) is 0.204. The molecule has 0 spiro atoms. The molecule has 0 aliphatic carbocycles. The van der Waals surface area contributed by atoms with Crippen LogP contribution >= 0.6 is 11.9 Å². The van der Waals surface area contributed by atoms with Crippen molar-refractivity contribution in [1.82, 2.24) is 5.48 Å². The highest BCUT2D eigenvalue weighted by Gasteiger charge is 2.22. The third-order valence-electron chi connectivity index (χ3n) is 5.55. The number of nitrogens with one attached hydrogen (secondary N) is 1. The lowest BCUT2D eigenvalue weighted by molar-refractivity contribution is 0.226. The number of furan rings is 1. The molecule has 0 fully saturated rings. The van der Waals surface area contributed by atoms with E-state index in [0.717, 1.165) is 46.3 Å². The van der Waals surface area contributed by atoms with Crippen molar-refractivity contribution < 1.29 is 13.6 Å². The Bertz CT molecular complexity index is 1210. The van der Waals surface area contributed by atoms with Gasteiger partial charge >= 0.3 is 0 Å². The summed E-state index contributed by atoms with van der Waals surface area (Å²) in [5.41, 5.74) is 7.57. The summed E-state index contributed by atoms with van der Waals surface area (Å²) in [6.07, 6.45) is 3.18. The lowest BCUT2D eigenvalue weighted by Crippen LogP contribution is -2.17. The van der Waals surface area contributed by atoms with Gasteiger partial charge in [-0.1, -0.05) is 56.1 Å². The number of hydrogen-bond acceptors (Lipinski definition) is 5. The summed E-state index contributed by atoms with van der Waals surface area (Å²) in [6, 6.07) is 20.8. The van der Waals surface area contributed by atoms with Gasteiger partial charge in [0.25, 0.3) is 0 Å². The monoisotopic (exact) mass is 464 g/mol. The molecular weight excluding hydrogens is 435 g/mol. The summed E-state index contributed by atoms with van der Waals surface area (Å²) in [5, 5.41) is 0.858. The lowest BCUT2D eigenvalue weighted by Gasteiger charge is -2.25. The van der Waals surface area contributed by atoms with Gasteiger partial charge in [0, 0.05) is 37.0 Å². The highest BCUT2D eigenvalue weighted by atomic mass is 32.2. The Balaban J connectivity index is 1.93. The molecule has 1 heterocycles. The van der Waals surface area contributed by atoms with E-state index in [1.807, 2.05) is 18.2 Å². The number of benzene rings is 3.